The summed E-state index contributed by atoms with van der Waals surface area (Å²) in [6.45, 7) is 1.79. The highest BCUT2D eigenvalue weighted by molar-refractivity contribution is 7.07. The summed E-state index contributed by atoms with van der Waals surface area (Å²) < 4.78 is 0. The molecule has 0 bridgehead atoms. The van der Waals surface area contributed by atoms with Gasteiger partial charge in [0.25, 0.3) is 0 Å². The van der Waals surface area contributed by atoms with Gasteiger partial charge in [0, 0.05) is 6.04 Å². The Labute approximate surface area is 64.3 Å². The molecule has 0 saturated heterocycles. The van der Waals surface area contributed by atoms with Crippen molar-refractivity contribution < 1.29 is 5.11 Å². The van der Waals surface area contributed by atoms with Gasteiger partial charge >= 0.3 is 0 Å². The van der Waals surface area contributed by atoms with Crippen molar-refractivity contribution in [2.75, 3.05) is 0 Å². The van der Waals surface area contributed by atoms with Crippen LogP contribution in [0.3, 0.4) is 0 Å². The van der Waals surface area contributed by atoms with Gasteiger partial charge < -0.3 is 10.8 Å². The van der Waals surface area contributed by atoms with Crippen molar-refractivity contribution in [2.24, 2.45) is 5.73 Å². The van der Waals surface area contributed by atoms with E-state index in [1.54, 1.807) is 18.3 Å². The van der Waals surface area contributed by atoms with Gasteiger partial charge in [0.2, 0.25) is 0 Å². The van der Waals surface area contributed by atoms with Crippen LogP contribution in [0.1, 0.15) is 18.6 Å². The third-order valence-electron chi connectivity index (χ3n) is 1.38. The van der Waals surface area contributed by atoms with Gasteiger partial charge in [-0.1, -0.05) is 0 Å². The minimum absolute atomic E-state index is 0.186. The maximum absolute atomic E-state index is 9.37. The van der Waals surface area contributed by atoms with Gasteiger partial charge in [-0.25, -0.2) is 0 Å². The fourth-order valence-electron chi connectivity index (χ4n) is 0.747. The normalized spacial score (nSPS) is 16.7. The number of hydrogen-bond acceptors (Lipinski definition) is 3. The van der Waals surface area contributed by atoms with E-state index in [1.165, 1.54) is 0 Å². The lowest BCUT2D eigenvalue weighted by molar-refractivity contribution is 0.154. The van der Waals surface area contributed by atoms with Gasteiger partial charge in [-0.15, -0.1) is 0 Å². The first kappa shape index (κ1) is 7.72. The molecule has 1 aromatic rings. The Morgan fingerprint density at radius 2 is 2.40 bits per heavy atom. The van der Waals surface area contributed by atoms with Gasteiger partial charge in [-0.2, -0.15) is 11.3 Å². The molecule has 2 nitrogen and oxygen atoms in total. The Kier molecular flexibility index (Phi) is 2.43. The van der Waals surface area contributed by atoms with Crippen molar-refractivity contribution in [2.45, 2.75) is 19.1 Å². The molecule has 1 aromatic heterocycles. The minimum Gasteiger partial charge on any atom is -0.387 e. The first-order valence-corrected chi connectivity index (χ1v) is 4.12. The number of aliphatic hydroxyl groups excluding tert-OH is 1. The van der Waals surface area contributed by atoms with Crippen LogP contribution in [0.4, 0.5) is 0 Å². The molecule has 0 aromatic carbocycles. The first-order valence-electron chi connectivity index (χ1n) is 3.17. The summed E-state index contributed by atoms with van der Waals surface area (Å²) in [4.78, 5) is 0. The van der Waals surface area contributed by atoms with Crippen molar-refractivity contribution in [3.63, 3.8) is 0 Å². The fourth-order valence-corrected chi connectivity index (χ4v) is 1.44. The van der Waals surface area contributed by atoms with E-state index in [0.717, 1.165) is 5.56 Å². The summed E-state index contributed by atoms with van der Waals surface area (Å²) in [5, 5.41) is 13.2. The van der Waals surface area contributed by atoms with Crippen LogP contribution in [-0.4, -0.2) is 11.1 Å². The van der Waals surface area contributed by atoms with Crippen LogP contribution >= 0.6 is 11.3 Å². The molecule has 0 saturated carbocycles. The van der Waals surface area contributed by atoms with Crippen molar-refractivity contribution >= 4 is 11.3 Å². The van der Waals surface area contributed by atoms with E-state index in [0.29, 0.717) is 0 Å². The summed E-state index contributed by atoms with van der Waals surface area (Å²) in [6, 6.07) is 1.70. The lowest BCUT2D eigenvalue weighted by Gasteiger charge is -2.11. The Hall–Kier alpha value is -0.380. The summed E-state index contributed by atoms with van der Waals surface area (Å²) in [5.41, 5.74) is 6.40. The van der Waals surface area contributed by atoms with Crippen LogP contribution in [0.15, 0.2) is 16.8 Å². The van der Waals surface area contributed by atoms with E-state index in [2.05, 4.69) is 0 Å². The van der Waals surface area contributed by atoms with Gasteiger partial charge in [0.15, 0.2) is 0 Å². The van der Waals surface area contributed by atoms with E-state index in [-0.39, 0.29) is 6.04 Å². The van der Waals surface area contributed by atoms with Crippen molar-refractivity contribution in [3.8, 4) is 0 Å². The van der Waals surface area contributed by atoms with Gasteiger partial charge in [-0.05, 0) is 29.3 Å². The molecule has 0 fully saturated rings. The third-order valence-corrected chi connectivity index (χ3v) is 2.08. The molecule has 56 valence electrons. The molecule has 3 heteroatoms. The Morgan fingerprint density at radius 3 is 2.80 bits per heavy atom. The highest BCUT2D eigenvalue weighted by atomic mass is 32.1. The van der Waals surface area contributed by atoms with Gasteiger partial charge in [-0.3, -0.25) is 0 Å². The summed E-state index contributed by atoms with van der Waals surface area (Å²) in [6.07, 6.45) is -0.508. The molecule has 0 aliphatic heterocycles. The number of rotatable bonds is 2. The van der Waals surface area contributed by atoms with Crippen LogP contribution in [0, 0.1) is 0 Å². The maximum Gasteiger partial charge on any atom is 0.0946 e. The number of hydrogen-bond donors (Lipinski definition) is 2. The zero-order valence-corrected chi connectivity index (χ0v) is 6.64. The fraction of sp³-hybridized carbons (Fsp3) is 0.429. The number of thiophene rings is 1. The zero-order valence-electron chi connectivity index (χ0n) is 5.82. The second-order valence-corrected chi connectivity index (χ2v) is 3.14. The molecule has 10 heavy (non-hydrogen) atoms. The molecule has 1 rings (SSSR count). The van der Waals surface area contributed by atoms with Crippen LogP contribution in [0.25, 0.3) is 0 Å². The highest BCUT2D eigenvalue weighted by Crippen LogP contribution is 2.17. The van der Waals surface area contributed by atoms with Gasteiger partial charge in [0.05, 0.1) is 6.10 Å². The van der Waals surface area contributed by atoms with E-state index in [9.17, 15) is 5.11 Å². The predicted octanol–water partition coefficient (Wildman–Crippen LogP) is 1.13. The summed E-state index contributed by atoms with van der Waals surface area (Å²) >= 11 is 1.57. The largest absolute Gasteiger partial charge is 0.387 e. The van der Waals surface area contributed by atoms with Crippen LogP contribution in [0.2, 0.25) is 0 Å². The Bertz CT molecular complexity index is 183. The topological polar surface area (TPSA) is 46.2 Å². The van der Waals surface area contributed by atoms with E-state index in [1.807, 2.05) is 16.8 Å². The van der Waals surface area contributed by atoms with Crippen molar-refractivity contribution in [1.29, 1.82) is 0 Å². The predicted molar refractivity (Wildman–Crippen MR) is 42.9 cm³/mol. The molecular weight excluding hydrogens is 146 g/mol. The molecule has 1 heterocycles. The van der Waals surface area contributed by atoms with Crippen LogP contribution < -0.4 is 5.73 Å². The van der Waals surface area contributed by atoms with Crippen LogP contribution in [-0.2, 0) is 0 Å². The highest BCUT2D eigenvalue weighted by Gasteiger charge is 2.11. The standard InChI is InChI=1S/C7H11NOS/c1-5(8)7(9)6-2-3-10-4-6/h2-5,7,9H,8H2,1H3/t5-,7-/m0/s1. The quantitative estimate of drug-likeness (QED) is 0.676. The Balaban J connectivity index is 2.68. The summed E-state index contributed by atoms with van der Waals surface area (Å²) in [7, 11) is 0. The number of aliphatic hydroxyl groups is 1. The smallest absolute Gasteiger partial charge is 0.0946 e. The van der Waals surface area contributed by atoms with Crippen molar-refractivity contribution in [3.05, 3.63) is 22.4 Å². The van der Waals surface area contributed by atoms with Crippen LogP contribution in [0.5, 0.6) is 0 Å². The minimum atomic E-state index is -0.508. The van der Waals surface area contributed by atoms with E-state index < -0.39 is 6.10 Å². The van der Waals surface area contributed by atoms with E-state index in [4.69, 9.17) is 5.73 Å². The molecule has 2 atom stereocenters. The lowest BCUT2D eigenvalue weighted by Crippen LogP contribution is -2.23. The average Bonchev–Trinajstić information content (AvgIpc) is 2.36. The molecule has 0 aliphatic rings. The second kappa shape index (κ2) is 3.14. The summed E-state index contributed by atoms with van der Waals surface area (Å²) in [5.74, 6) is 0. The SMILES string of the molecule is C[C@H](N)[C@H](O)c1ccsc1. The first-order chi connectivity index (χ1) is 4.72. The van der Waals surface area contributed by atoms with E-state index >= 15 is 0 Å². The lowest BCUT2D eigenvalue weighted by atomic mass is 10.1. The zero-order chi connectivity index (χ0) is 7.56. The molecule has 3 N–H and O–H groups in total. The molecule has 0 unspecified atom stereocenters. The second-order valence-electron chi connectivity index (χ2n) is 2.36. The number of nitrogens with two attached hydrogens (primary N) is 1. The molecule has 0 spiro atoms. The molecule has 0 amide bonds. The van der Waals surface area contributed by atoms with Gasteiger partial charge in [0.1, 0.15) is 0 Å². The van der Waals surface area contributed by atoms with Crippen molar-refractivity contribution in [1.82, 2.24) is 0 Å². The monoisotopic (exact) mass is 157 g/mol. The Morgan fingerprint density at radius 1 is 1.70 bits per heavy atom. The molecule has 0 aliphatic carbocycles. The third kappa shape index (κ3) is 1.56. The average molecular weight is 157 g/mol. The maximum atomic E-state index is 9.37. The molecule has 0 radical (unpaired) electrons. The molecular formula is C7H11NOS.